The monoisotopic (exact) mass is 271 g/mol. The Kier molecular flexibility index (Phi) is 5.28. The van der Waals surface area contributed by atoms with Gasteiger partial charge in [0.15, 0.2) is 0 Å². The number of nitrogens with zero attached hydrogens (tertiary/aromatic N) is 1. The van der Waals surface area contributed by atoms with Gasteiger partial charge in [0.05, 0.1) is 0 Å². The van der Waals surface area contributed by atoms with Gasteiger partial charge in [0.2, 0.25) is 0 Å². The van der Waals surface area contributed by atoms with E-state index in [-0.39, 0.29) is 0 Å². The van der Waals surface area contributed by atoms with Gasteiger partial charge in [0.25, 0.3) is 0 Å². The zero-order valence-corrected chi connectivity index (χ0v) is 13.4. The first-order valence-electron chi connectivity index (χ1n) is 7.99. The molecule has 1 aromatic rings. The van der Waals surface area contributed by atoms with E-state index in [0.717, 1.165) is 18.4 Å². The fourth-order valence-electron chi connectivity index (χ4n) is 3.49. The lowest BCUT2D eigenvalue weighted by Gasteiger charge is -2.29. The first-order chi connectivity index (χ1) is 9.54. The average molecular weight is 271 g/mol. The van der Waals surface area contributed by atoms with Crippen LogP contribution in [-0.4, -0.2) is 13.6 Å². The Morgan fingerprint density at radius 2 is 1.90 bits per heavy atom. The van der Waals surface area contributed by atoms with Gasteiger partial charge < -0.3 is 4.90 Å². The Morgan fingerprint density at radius 1 is 1.20 bits per heavy atom. The van der Waals surface area contributed by atoms with E-state index in [1.165, 1.54) is 48.9 Å². The Labute approximate surface area is 124 Å². The number of allylic oxidation sites excluding steroid dienone is 1. The predicted molar refractivity (Wildman–Crippen MR) is 89.3 cm³/mol. The van der Waals surface area contributed by atoms with Crippen molar-refractivity contribution < 1.29 is 0 Å². The smallest absolute Gasteiger partial charge is 0.0363 e. The molecule has 0 saturated heterocycles. The molecule has 1 heteroatoms. The standard InChI is InChI=1S/C19H29N/c1-15-7-9-19(10-8-15)20(4)11-5-6-18-13-16(2)12-17(3)14-18/h7-10,17-18H,2,5-6,11-14H2,1,3-4H3. The Bertz CT molecular complexity index is 432. The highest BCUT2D eigenvalue weighted by Gasteiger charge is 2.20. The number of hydrogen-bond donors (Lipinski definition) is 0. The fourth-order valence-corrected chi connectivity index (χ4v) is 3.49. The van der Waals surface area contributed by atoms with Crippen molar-refractivity contribution in [1.29, 1.82) is 0 Å². The van der Waals surface area contributed by atoms with Crippen molar-refractivity contribution in [3.63, 3.8) is 0 Å². The van der Waals surface area contributed by atoms with Crippen LogP contribution in [0, 0.1) is 18.8 Å². The van der Waals surface area contributed by atoms with E-state index in [1.54, 1.807) is 0 Å². The predicted octanol–water partition coefficient (Wildman–Crippen LogP) is 5.20. The van der Waals surface area contributed by atoms with Gasteiger partial charge >= 0.3 is 0 Å². The van der Waals surface area contributed by atoms with Gasteiger partial charge in [-0.05, 0) is 63.0 Å². The van der Waals surface area contributed by atoms with E-state index >= 15 is 0 Å². The Hall–Kier alpha value is -1.24. The molecule has 0 aliphatic heterocycles. The van der Waals surface area contributed by atoms with Crippen molar-refractivity contribution in [2.75, 3.05) is 18.5 Å². The number of hydrogen-bond acceptors (Lipinski definition) is 1. The van der Waals surface area contributed by atoms with E-state index in [1.807, 2.05) is 0 Å². The molecule has 2 rings (SSSR count). The number of aryl methyl sites for hydroxylation is 1. The number of rotatable bonds is 5. The molecular formula is C19H29N. The number of benzene rings is 1. The average Bonchev–Trinajstić information content (AvgIpc) is 2.38. The summed E-state index contributed by atoms with van der Waals surface area (Å²) in [6.45, 7) is 9.87. The Balaban J connectivity index is 1.75. The van der Waals surface area contributed by atoms with Crippen LogP contribution in [0.3, 0.4) is 0 Å². The summed E-state index contributed by atoms with van der Waals surface area (Å²) in [4.78, 5) is 2.38. The molecule has 1 nitrogen and oxygen atoms in total. The molecule has 0 heterocycles. The fraction of sp³-hybridized carbons (Fsp3) is 0.579. The quantitative estimate of drug-likeness (QED) is 0.665. The maximum Gasteiger partial charge on any atom is 0.0363 e. The van der Waals surface area contributed by atoms with Crippen LogP contribution in [0.25, 0.3) is 0 Å². The summed E-state index contributed by atoms with van der Waals surface area (Å²) in [5.41, 5.74) is 4.13. The summed E-state index contributed by atoms with van der Waals surface area (Å²) in [6, 6.07) is 8.83. The van der Waals surface area contributed by atoms with Crippen LogP contribution in [-0.2, 0) is 0 Å². The van der Waals surface area contributed by atoms with Crippen LogP contribution in [0.5, 0.6) is 0 Å². The second-order valence-electron chi connectivity index (χ2n) is 6.76. The summed E-state index contributed by atoms with van der Waals surface area (Å²) in [5.74, 6) is 1.72. The van der Waals surface area contributed by atoms with Gasteiger partial charge in [-0.15, -0.1) is 0 Å². The summed E-state index contributed by atoms with van der Waals surface area (Å²) >= 11 is 0. The number of anilines is 1. The molecule has 0 amide bonds. The zero-order chi connectivity index (χ0) is 14.5. The SMILES string of the molecule is C=C1CC(C)CC(CCCN(C)c2ccc(C)cc2)C1. The van der Waals surface area contributed by atoms with E-state index in [0.29, 0.717) is 0 Å². The lowest BCUT2D eigenvalue weighted by atomic mass is 9.78. The molecule has 0 bridgehead atoms. The van der Waals surface area contributed by atoms with Crippen LogP contribution in [0.2, 0.25) is 0 Å². The second-order valence-corrected chi connectivity index (χ2v) is 6.76. The minimum absolute atomic E-state index is 0.844. The van der Waals surface area contributed by atoms with Crippen LogP contribution in [0.1, 0.15) is 44.6 Å². The molecule has 2 atom stereocenters. The highest BCUT2D eigenvalue weighted by atomic mass is 15.1. The normalized spacial score (nSPS) is 22.9. The lowest BCUT2D eigenvalue weighted by molar-refractivity contribution is 0.316. The molecule has 0 radical (unpaired) electrons. The highest BCUT2D eigenvalue weighted by molar-refractivity contribution is 5.46. The maximum absolute atomic E-state index is 4.20. The van der Waals surface area contributed by atoms with Gasteiger partial charge in [-0.3, -0.25) is 0 Å². The largest absolute Gasteiger partial charge is 0.375 e. The molecule has 1 saturated carbocycles. The van der Waals surface area contributed by atoms with E-state index in [9.17, 15) is 0 Å². The van der Waals surface area contributed by atoms with Crippen molar-refractivity contribution in [3.8, 4) is 0 Å². The van der Waals surface area contributed by atoms with Gasteiger partial charge in [0.1, 0.15) is 0 Å². The van der Waals surface area contributed by atoms with E-state index in [4.69, 9.17) is 0 Å². The minimum atomic E-state index is 0.844. The topological polar surface area (TPSA) is 3.24 Å². The molecule has 2 unspecified atom stereocenters. The molecule has 1 aromatic carbocycles. The van der Waals surface area contributed by atoms with Gasteiger partial charge in [0, 0.05) is 19.3 Å². The van der Waals surface area contributed by atoms with E-state index in [2.05, 4.69) is 56.6 Å². The molecule has 0 spiro atoms. The molecular weight excluding hydrogens is 242 g/mol. The van der Waals surface area contributed by atoms with Gasteiger partial charge in [-0.2, -0.15) is 0 Å². The highest BCUT2D eigenvalue weighted by Crippen LogP contribution is 2.34. The molecule has 1 aliphatic rings. The summed E-state index contributed by atoms with van der Waals surface area (Å²) in [6.07, 6.45) is 6.54. The summed E-state index contributed by atoms with van der Waals surface area (Å²) in [5, 5.41) is 0. The van der Waals surface area contributed by atoms with Crippen molar-refractivity contribution in [1.82, 2.24) is 0 Å². The van der Waals surface area contributed by atoms with Crippen molar-refractivity contribution in [3.05, 3.63) is 42.0 Å². The third-order valence-corrected chi connectivity index (χ3v) is 4.53. The lowest BCUT2D eigenvalue weighted by Crippen LogP contribution is -2.21. The molecule has 20 heavy (non-hydrogen) atoms. The molecule has 1 aliphatic carbocycles. The van der Waals surface area contributed by atoms with Gasteiger partial charge in [-0.1, -0.05) is 36.8 Å². The molecule has 1 fully saturated rings. The maximum atomic E-state index is 4.20. The van der Waals surface area contributed by atoms with E-state index < -0.39 is 0 Å². The van der Waals surface area contributed by atoms with Crippen LogP contribution < -0.4 is 4.90 Å². The van der Waals surface area contributed by atoms with Crippen molar-refractivity contribution in [2.24, 2.45) is 11.8 Å². The minimum Gasteiger partial charge on any atom is -0.375 e. The van der Waals surface area contributed by atoms with Gasteiger partial charge in [-0.25, -0.2) is 0 Å². The molecule has 110 valence electrons. The first-order valence-corrected chi connectivity index (χ1v) is 7.99. The zero-order valence-electron chi connectivity index (χ0n) is 13.4. The van der Waals surface area contributed by atoms with Crippen LogP contribution >= 0.6 is 0 Å². The van der Waals surface area contributed by atoms with Crippen molar-refractivity contribution in [2.45, 2.75) is 46.0 Å². The Morgan fingerprint density at radius 3 is 2.55 bits per heavy atom. The molecule has 0 N–H and O–H groups in total. The first kappa shape index (κ1) is 15.2. The third kappa shape index (κ3) is 4.40. The summed E-state index contributed by atoms with van der Waals surface area (Å²) < 4.78 is 0. The van der Waals surface area contributed by atoms with Crippen molar-refractivity contribution >= 4 is 5.69 Å². The van der Waals surface area contributed by atoms with Crippen LogP contribution in [0.4, 0.5) is 5.69 Å². The second kappa shape index (κ2) is 6.97. The van der Waals surface area contributed by atoms with Crippen LogP contribution in [0.15, 0.2) is 36.4 Å². The third-order valence-electron chi connectivity index (χ3n) is 4.53. The molecule has 0 aromatic heterocycles. The summed E-state index contributed by atoms with van der Waals surface area (Å²) in [7, 11) is 2.20.